The van der Waals surface area contributed by atoms with Gasteiger partial charge in [-0.25, -0.2) is 0 Å². The number of hydrogen-bond acceptors (Lipinski definition) is 2. The average molecular weight is 168 g/mol. The molecule has 0 unspecified atom stereocenters. The van der Waals surface area contributed by atoms with E-state index in [2.05, 4.69) is 5.73 Å². The molecular formula is C9H14NO2+. The minimum Gasteiger partial charge on any atom is -0.508 e. The molecule has 0 bridgehead atoms. The molecule has 5 N–H and O–H groups in total. The van der Waals surface area contributed by atoms with Crippen LogP contribution >= 0.6 is 0 Å². The molecule has 0 aliphatic heterocycles. The zero-order chi connectivity index (χ0) is 9.14. The molecule has 12 heavy (non-hydrogen) atoms. The summed E-state index contributed by atoms with van der Waals surface area (Å²) in [5, 5.41) is 18.7. The molecular weight excluding hydrogens is 154 g/mol. The van der Waals surface area contributed by atoms with Gasteiger partial charge in [-0.2, -0.15) is 0 Å². The van der Waals surface area contributed by atoms with E-state index in [1.165, 1.54) is 0 Å². The van der Waals surface area contributed by atoms with Gasteiger partial charge < -0.3 is 15.9 Å². The van der Waals surface area contributed by atoms with E-state index in [0.29, 0.717) is 5.56 Å². The summed E-state index contributed by atoms with van der Waals surface area (Å²) < 4.78 is 0. The van der Waals surface area contributed by atoms with E-state index in [1.807, 2.05) is 6.92 Å². The third kappa shape index (κ3) is 1.96. The lowest BCUT2D eigenvalue weighted by atomic mass is 10.0. The average Bonchev–Trinajstić information content (AvgIpc) is 2.03. The van der Waals surface area contributed by atoms with E-state index in [9.17, 15) is 5.11 Å². The van der Waals surface area contributed by atoms with E-state index in [1.54, 1.807) is 24.3 Å². The third-order valence-corrected chi connectivity index (χ3v) is 1.75. The molecule has 0 aliphatic rings. The molecule has 0 heterocycles. The van der Waals surface area contributed by atoms with Gasteiger partial charge in [0.25, 0.3) is 0 Å². The summed E-state index contributed by atoms with van der Waals surface area (Å²) in [7, 11) is 0. The number of phenolic OH excluding ortho intramolecular Hbond substituents is 1. The monoisotopic (exact) mass is 168 g/mol. The van der Waals surface area contributed by atoms with Gasteiger partial charge in [0.15, 0.2) is 0 Å². The number of hydrogen-bond donors (Lipinski definition) is 3. The maximum absolute atomic E-state index is 9.55. The minimum absolute atomic E-state index is 0.0770. The lowest BCUT2D eigenvalue weighted by Crippen LogP contribution is -2.61. The van der Waals surface area contributed by atoms with Gasteiger partial charge in [0.2, 0.25) is 0 Å². The highest BCUT2D eigenvalue weighted by atomic mass is 16.3. The molecule has 0 aromatic heterocycles. The second kappa shape index (κ2) is 3.56. The van der Waals surface area contributed by atoms with Gasteiger partial charge in [0.1, 0.15) is 17.9 Å². The van der Waals surface area contributed by atoms with Gasteiger partial charge in [-0.1, -0.05) is 12.1 Å². The number of rotatable bonds is 2. The van der Waals surface area contributed by atoms with E-state index in [0.717, 1.165) is 0 Å². The Kier molecular flexibility index (Phi) is 2.68. The van der Waals surface area contributed by atoms with Crippen molar-refractivity contribution in [2.75, 3.05) is 0 Å². The Morgan fingerprint density at radius 3 is 2.58 bits per heavy atom. The molecule has 3 heteroatoms. The standard InChI is InChI=1S/C9H13NO2/c1-6(10)9(12)7-3-2-4-8(11)5-7/h2-6,9,11-12H,10H2,1H3/p+1/t6-,9-/m1/s1. The van der Waals surface area contributed by atoms with Crippen LogP contribution in [0.4, 0.5) is 0 Å². The Bertz CT molecular complexity index is 260. The molecule has 0 spiro atoms. The minimum atomic E-state index is -0.600. The molecule has 66 valence electrons. The highest BCUT2D eigenvalue weighted by Gasteiger charge is 2.14. The predicted octanol–water partition coefficient (Wildman–Crippen LogP) is 0.0560. The highest BCUT2D eigenvalue weighted by Crippen LogP contribution is 2.18. The molecule has 1 rings (SSSR count). The fourth-order valence-electron chi connectivity index (χ4n) is 1.04. The Balaban J connectivity index is 2.88. The van der Waals surface area contributed by atoms with Crippen molar-refractivity contribution in [3.8, 4) is 5.75 Å². The van der Waals surface area contributed by atoms with Gasteiger partial charge in [-0.3, -0.25) is 0 Å². The van der Waals surface area contributed by atoms with Crippen molar-refractivity contribution < 1.29 is 15.9 Å². The summed E-state index contributed by atoms with van der Waals surface area (Å²) in [5.41, 5.74) is 4.42. The van der Waals surface area contributed by atoms with Gasteiger partial charge in [0.05, 0.1) is 0 Å². The van der Waals surface area contributed by atoms with Gasteiger partial charge in [-0.15, -0.1) is 0 Å². The van der Waals surface area contributed by atoms with Crippen LogP contribution in [0.3, 0.4) is 0 Å². The lowest BCUT2D eigenvalue weighted by Gasteiger charge is -2.11. The van der Waals surface area contributed by atoms with Crippen LogP contribution in [-0.4, -0.2) is 16.3 Å². The summed E-state index contributed by atoms with van der Waals surface area (Å²) >= 11 is 0. The van der Waals surface area contributed by atoms with Crippen molar-refractivity contribution in [3.05, 3.63) is 29.8 Å². The maximum Gasteiger partial charge on any atom is 0.130 e. The zero-order valence-electron chi connectivity index (χ0n) is 7.07. The van der Waals surface area contributed by atoms with Gasteiger partial charge in [-0.05, 0) is 24.6 Å². The second-order valence-electron chi connectivity index (χ2n) is 3.02. The number of phenols is 1. The Hall–Kier alpha value is -1.06. The molecule has 3 nitrogen and oxygen atoms in total. The van der Waals surface area contributed by atoms with Crippen LogP contribution < -0.4 is 5.73 Å². The molecule has 0 saturated heterocycles. The molecule has 0 aliphatic carbocycles. The fourth-order valence-corrected chi connectivity index (χ4v) is 1.04. The van der Waals surface area contributed by atoms with Crippen LogP contribution in [0.1, 0.15) is 18.6 Å². The number of benzene rings is 1. The van der Waals surface area contributed by atoms with E-state index in [4.69, 9.17) is 5.11 Å². The maximum atomic E-state index is 9.55. The predicted molar refractivity (Wildman–Crippen MR) is 45.4 cm³/mol. The SMILES string of the molecule is C[C@@H]([NH3+])[C@@H](O)c1cccc(O)c1. The second-order valence-corrected chi connectivity index (χ2v) is 3.02. The van der Waals surface area contributed by atoms with Crippen molar-refractivity contribution >= 4 is 0 Å². The van der Waals surface area contributed by atoms with Crippen molar-refractivity contribution in [1.82, 2.24) is 0 Å². The van der Waals surface area contributed by atoms with Gasteiger partial charge >= 0.3 is 0 Å². The molecule has 1 aromatic carbocycles. The van der Waals surface area contributed by atoms with Crippen LogP contribution in [0.2, 0.25) is 0 Å². The first kappa shape index (κ1) is 9.03. The van der Waals surface area contributed by atoms with E-state index in [-0.39, 0.29) is 11.8 Å². The molecule has 0 radical (unpaired) electrons. The molecule has 0 fully saturated rings. The number of quaternary nitrogens is 1. The van der Waals surface area contributed by atoms with Crippen molar-refractivity contribution in [2.24, 2.45) is 0 Å². The quantitative estimate of drug-likeness (QED) is 0.584. The van der Waals surface area contributed by atoms with Crippen LogP contribution in [0.25, 0.3) is 0 Å². The fraction of sp³-hybridized carbons (Fsp3) is 0.333. The van der Waals surface area contributed by atoms with Crippen molar-refractivity contribution in [3.63, 3.8) is 0 Å². The lowest BCUT2D eigenvalue weighted by molar-refractivity contribution is -0.433. The van der Waals surface area contributed by atoms with Gasteiger partial charge in [0, 0.05) is 0 Å². The largest absolute Gasteiger partial charge is 0.508 e. The normalized spacial score (nSPS) is 15.6. The first-order valence-corrected chi connectivity index (χ1v) is 3.91. The zero-order valence-corrected chi connectivity index (χ0v) is 7.07. The highest BCUT2D eigenvalue weighted by molar-refractivity contribution is 5.28. The van der Waals surface area contributed by atoms with Crippen LogP contribution in [0.5, 0.6) is 5.75 Å². The summed E-state index contributed by atoms with van der Waals surface area (Å²) in [6, 6.07) is 6.52. The molecule has 0 saturated carbocycles. The molecule has 1 aromatic rings. The first-order valence-electron chi connectivity index (χ1n) is 3.91. The van der Waals surface area contributed by atoms with Crippen LogP contribution in [-0.2, 0) is 0 Å². The summed E-state index contributed by atoms with van der Waals surface area (Å²) in [6.07, 6.45) is -0.600. The summed E-state index contributed by atoms with van der Waals surface area (Å²) in [5.74, 6) is 0.173. The van der Waals surface area contributed by atoms with Crippen molar-refractivity contribution in [2.45, 2.75) is 19.1 Å². The van der Waals surface area contributed by atoms with E-state index >= 15 is 0 Å². The van der Waals surface area contributed by atoms with Crippen LogP contribution in [0.15, 0.2) is 24.3 Å². The first-order chi connectivity index (χ1) is 5.61. The Morgan fingerprint density at radius 2 is 2.08 bits per heavy atom. The third-order valence-electron chi connectivity index (χ3n) is 1.75. The van der Waals surface area contributed by atoms with E-state index < -0.39 is 6.10 Å². The Labute approximate surface area is 71.5 Å². The number of aliphatic hydroxyl groups excluding tert-OH is 1. The Morgan fingerprint density at radius 1 is 1.42 bits per heavy atom. The molecule has 0 amide bonds. The number of aromatic hydroxyl groups is 1. The van der Waals surface area contributed by atoms with Crippen LogP contribution in [0, 0.1) is 0 Å². The smallest absolute Gasteiger partial charge is 0.130 e. The number of aliphatic hydroxyl groups is 1. The van der Waals surface area contributed by atoms with Crippen molar-refractivity contribution in [1.29, 1.82) is 0 Å². The summed E-state index contributed by atoms with van der Waals surface area (Å²) in [6.45, 7) is 1.83. The topological polar surface area (TPSA) is 68.1 Å². The summed E-state index contributed by atoms with van der Waals surface area (Å²) in [4.78, 5) is 0. The molecule has 2 atom stereocenters.